The highest BCUT2D eigenvalue weighted by atomic mass is 19.1. The molecule has 2 heterocycles. The van der Waals surface area contributed by atoms with E-state index >= 15 is 0 Å². The monoisotopic (exact) mass is 349 g/mol. The minimum Gasteiger partial charge on any atom is -0.357 e. The van der Waals surface area contributed by atoms with Crippen molar-refractivity contribution in [2.24, 2.45) is 5.73 Å². The van der Waals surface area contributed by atoms with Gasteiger partial charge >= 0.3 is 0 Å². The highest BCUT2D eigenvalue weighted by Crippen LogP contribution is 2.21. The number of benzene rings is 2. The molecule has 4 rings (SSSR count). The average Bonchev–Trinajstić information content (AvgIpc) is 3.11. The zero-order valence-electron chi connectivity index (χ0n) is 13.7. The molecule has 7 heteroatoms. The van der Waals surface area contributed by atoms with Crippen molar-refractivity contribution in [3.63, 3.8) is 0 Å². The van der Waals surface area contributed by atoms with Crippen LogP contribution in [-0.4, -0.2) is 14.8 Å². The van der Waals surface area contributed by atoms with Crippen LogP contribution in [0.5, 0.6) is 0 Å². The van der Waals surface area contributed by atoms with Gasteiger partial charge in [0, 0.05) is 34.9 Å². The summed E-state index contributed by atoms with van der Waals surface area (Å²) in [5, 5.41) is 8.06. The van der Waals surface area contributed by atoms with Crippen molar-refractivity contribution in [3.8, 4) is 5.69 Å². The van der Waals surface area contributed by atoms with Crippen molar-refractivity contribution in [3.05, 3.63) is 82.7 Å². The average molecular weight is 349 g/mol. The summed E-state index contributed by atoms with van der Waals surface area (Å²) >= 11 is 0. The molecule has 0 saturated carbocycles. The first-order chi connectivity index (χ1) is 12.6. The maximum Gasteiger partial charge on any atom is 0.189 e. The van der Waals surface area contributed by atoms with Gasteiger partial charge in [0.25, 0.3) is 0 Å². The van der Waals surface area contributed by atoms with Gasteiger partial charge in [-0.2, -0.15) is 5.10 Å². The van der Waals surface area contributed by atoms with Crippen molar-refractivity contribution in [1.29, 1.82) is 0 Å². The zero-order chi connectivity index (χ0) is 18.1. The van der Waals surface area contributed by atoms with E-state index in [0.717, 1.165) is 22.6 Å². The molecule has 0 atom stereocenters. The molecule has 0 bridgehead atoms. The summed E-state index contributed by atoms with van der Waals surface area (Å²) in [6, 6.07) is 13.1. The first kappa shape index (κ1) is 16.0. The van der Waals surface area contributed by atoms with Crippen LogP contribution in [0.1, 0.15) is 5.69 Å². The van der Waals surface area contributed by atoms with E-state index in [-0.39, 0.29) is 17.8 Å². The third kappa shape index (κ3) is 3.07. The molecule has 2 aromatic carbocycles. The smallest absolute Gasteiger partial charge is 0.189 e. The summed E-state index contributed by atoms with van der Waals surface area (Å²) in [5.74, 6) is -0.293. The summed E-state index contributed by atoms with van der Waals surface area (Å²) in [7, 11) is 0. The molecular weight excluding hydrogens is 333 g/mol. The lowest BCUT2D eigenvalue weighted by molar-refractivity contribution is 0.627. The van der Waals surface area contributed by atoms with E-state index in [1.807, 2.05) is 12.1 Å². The van der Waals surface area contributed by atoms with Crippen LogP contribution in [0, 0.1) is 5.82 Å². The van der Waals surface area contributed by atoms with Gasteiger partial charge in [-0.25, -0.2) is 9.07 Å². The molecule has 0 radical (unpaired) electrons. The van der Waals surface area contributed by atoms with Gasteiger partial charge in [0.1, 0.15) is 5.82 Å². The molecule has 0 aliphatic carbocycles. The highest BCUT2D eigenvalue weighted by molar-refractivity contribution is 5.83. The normalized spacial score (nSPS) is 11.0. The van der Waals surface area contributed by atoms with E-state index in [2.05, 4.69) is 15.4 Å². The molecule has 4 N–H and O–H groups in total. The number of anilines is 2. The molecule has 0 fully saturated rings. The van der Waals surface area contributed by atoms with Crippen LogP contribution in [0.15, 0.2) is 65.7 Å². The van der Waals surface area contributed by atoms with Crippen LogP contribution in [0.2, 0.25) is 0 Å². The summed E-state index contributed by atoms with van der Waals surface area (Å²) in [6.07, 6.45) is 3.45. The van der Waals surface area contributed by atoms with Crippen LogP contribution in [0.25, 0.3) is 16.6 Å². The van der Waals surface area contributed by atoms with E-state index in [0.29, 0.717) is 11.1 Å². The molecule has 0 spiro atoms. The molecule has 0 unspecified atom stereocenters. The Labute approximate surface area is 148 Å². The molecule has 6 nitrogen and oxygen atoms in total. The van der Waals surface area contributed by atoms with Crippen LogP contribution < -0.4 is 16.5 Å². The Bertz CT molecular complexity index is 1130. The Hall–Kier alpha value is -3.45. The lowest BCUT2D eigenvalue weighted by atomic mass is 10.1. The second-order valence-corrected chi connectivity index (χ2v) is 5.90. The lowest BCUT2D eigenvalue weighted by Gasteiger charge is -2.06. The number of hydrogen-bond acceptors (Lipinski definition) is 4. The number of pyridine rings is 1. The van der Waals surface area contributed by atoms with E-state index in [1.165, 1.54) is 18.2 Å². The van der Waals surface area contributed by atoms with Crippen LogP contribution in [0.3, 0.4) is 0 Å². The molecule has 0 aliphatic rings. The van der Waals surface area contributed by atoms with Gasteiger partial charge in [0.2, 0.25) is 0 Å². The molecular formula is C19H16FN5O. The first-order valence-electron chi connectivity index (χ1n) is 8.06. The standard InChI is InChI=1S/C19H16FN5O/c20-12-1-4-16(5-2-12)25-11-15(10-22-25)23-13-3-6-18-17(7-13)19(26)8-14(9-21)24-18/h1-8,10-11,23H,9,21H2,(H,24,26). The number of nitrogens with zero attached hydrogens (tertiary/aromatic N) is 2. The van der Waals surface area contributed by atoms with Gasteiger partial charge < -0.3 is 16.0 Å². The second-order valence-electron chi connectivity index (χ2n) is 5.90. The van der Waals surface area contributed by atoms with Gasteiger partial charge in [-0.1, -0.05) is 0 Å². The number of rotatable bonds is 4. The van der Waals surface area contributed by atoms with Crippen LogP contribution >= 0.6 is 0 Å². The van der Waals surface area contributed by atoms with Gasteiger partial charge in [-0.15, -0.1) is 0 Å². The summed E-state index contributed by atoms with van der Waals surface area (Å²) in [5.41, 5.74) is 9.22. The first-order valence-corrected chi connectivity index (χ1v) is 8.06. The van der Waals surface area contributed by atoms with E-state index in [4.69, 9.17) is 5.73 Å². The topological polar surface area (TPSA) is 88.7 Å². The van der Waals surface area contributed by atoms with Gasteiger partial charge in [0.05, 0.1) is 23.8 Å². The lowest BCUT2D eigenvalue weighted by Crippen LogP contribution is -2.08. The van der Waals surface area contributed by atoms with Crippen LogP contribution in [-0.2, 0) is 6.54 Å². The molecule has 26 heavy (non-hydrogen) atoms. The van der Waals surface area contributed by atoms with E-state index in [1.54, 1.807) is 35.3 Å². The van der Waals surface area contributed by atoms with Gasteiger partial charge in [0.15, 0.2) is 5.43 Å². The fourth-order valence-corrected chi connectivity index (χ4v) is 2.78. The van der Waals surface area contributed by atoms with E-state index < -0.39 is 0 Å². The molecule has 0 aliphatic heterocycles. The maximum absolute atomic E-state index is 13.0. The number of nitrogens with two attached hydrogens (primary N) is 1. The fourth-order valence-electron chi connectivity index (χ4n) is 2.78. The predicted molar refractivity (Wildman–Crippen MR) is 99.3 cm³/mol. The summed E-state index contributed by atoms with van der Waals surface area (Å²) in [4.78, 5) is 15.4. The second kappa shape index (κ2) is 6.45. The third-order valence-corrected chi connectivity index (χ3v) is 4.07. The van der Waals surface area contributed by atoms with Crippen molar-refractivity contribution in [1.82, 2.24) is 14.8 Å². The largest absolute Gasteiger partial charge is 0.357 e. The van der Waals surface area contributed by atoms with Crippen molar-refractivity contribution < 1.29 is 4.39 Å². The highest BCUT2D eigenvalue weighted by Gasteiger charge is 2.05. The van der Waals surface area contributed by atoms with Crippen molar-refractivity contribution in [2.45, 2.75) is 6.54 Å². The van der Waals surface area contributed by atoms with Gasteiger partial charge in [-0.3, -0.25) is 4.79 Å². The predicted octanol–water partition coefficient (Wildman–Crippen LogP) is 3.06. The number of nitrogens with one attached hydrogen (secondary N) is 2. The molecule has 4 aromatic rings. The summed E-state index contributed by atoms with van der Waals surface area (Å²) < 4.78 is 14.7. The molecule has 0 saturated heterocycles. The quantitative estimate of drug-likeness (QED) is 0.528. The zero-order valence-corrected chi connectivity index (χ0v) is 13.7. The van der Waals surface area contributed by atoms with Gasteiger partial charge in [-0.05, 0) is 42.5 Å². The Balaban J connectivity index is 1.62. The Morgan fingerprint density at radius 2 is 1.92 bits per heavy atom. The van der Waals surface area contributed by atoms with Crippen molar-refractivity contribution in [2.75, 3.05) is 5.32 Å². The number of halogens is 1. The Morgan fingerprint density at radius 1 is 1.12 bits per heavy atom. The van der Waals surface area contributed by atoms with Crippen molar-refractivity contribution >= 4 is 22.3 Å². The number of hydrogen-bond donors (Lipinski definition) is 3. The summed E-state index contributed by atoms with van der Waals surface area (Å²) in [6.45, 7) is 0.285. The fraction of sp³-hybridized carbons (Fsp3) is 0.0526. The molecule has 0 amide bonds. The maximum atomic E-state index is 13.0. The van der Waals surface area contributed by atoms with E-state index in [9.17, 15) is 9.18 Å². The SMILES string of the molecule is NCc1cc(=O)c2cc(Nc3cnn(-c4ccc(F)cc4)c3)ccc2[nH]1. The molecule has 2 aromatic heterocycles. The third-order valence-electron chi connectivity index (χ3n) is 4.07. The number of aromatic amines is 1. The number of H-pyrrole nitrogens is 1. The Morgan fingerprint density at radius 3 is 2.69 bits per heavy atom. The number of fused-ring (bicyclic) bond motifs is 1. The van der Waals surface area contributed by atoms with Crippen LogP contribution in [0.4, 0.5) is 15.8 Å². The minimum absolute atomic E-state index is 0.0788. The number of aromatic nitrogens is 3. The Kier molecular flexibility index (Phi) is 3.98. The minimum atomic E-state index is -0.293. The molecule has 130 valence electrons.